The maximum absolute atomic E-state index is 12.3. The van der Waals surface area contributed by atoms with Gasteiger partial charge in [0, 0.05) is 0 Å². The second kappa shape index (κ2) is 9.86. The van der Waals surface area contributed by atoms with Gasteiger partial charge in [-0.1, -0.05) is 27.7 Å². The van der Waals surface area contributed by atoms with Crippen LogP contribution in [0.4, 0.5) is 0 Å². The fourth-order valence-electron chi connectivity index (χ4n) is 1.95. The van der Waals surface area contributed by atoms with Crippen LogP contribution in [0.15, 0.2) is 0 Å². The Bertz CT molecular complexity index is 478. The van der Waals surface area contributed by atoms with Crippen molar-refractivity contribution in [2.24, 2.45) is 23.3 Å². The van der Waals surface area contributed by atoms with Crippen molar-refractivity contribution in [3.63, 3.8) is 0 Å². The average Bonchev–Trinajstić information content (AvgIpc) is 2.43. The van der Waals surface area contributed by atoms with E-state index in [-0.39, 0.29) is 11.8 Å². The topological polar surface area (TPSA) is 165 Å². The molecular formula is C15H28N4O5. The Kier molecular flexibility index (Phi) is 8.97. The van der Waals surface area contributed by atoms with Crippen molar-refractivity contribution in [3.8, 4) is 0 Å². The molecule has 0 aromatic carbocycles. The van der Waals surface area contributed by atoms with Crippen LogP contribution in [0.3, 0.4) is 0 Å². The van der Waals surface area contributed by atoms with Gasteiger partial charge in [0.25, 0.3) is 0 Å². The van der Waals surface area contributed by atoms with Crippen LogP contribution in [0, 0.1) is 11.8 Å². The summed E-state index contributed by atoms with van der Waals surface area (Å²) in [6.07, 6.45) is -0.236. The highest BCUT2D eigenvalue weighted by atomic mass is 16.4. The molecule has 3 atom stereocenters. The Morgan fingerprint density at radius 2 is 1.46 bits per heavy atom. The van der Waals surface area contributed by atoms with Crippen molar-refractivity contribution < 1.29 is 24.3 Å². The first-order valence-electron chi connectivity index (χ1n) is 7.83. The lowest BCUT2D eigenvalue weighted by atomic mass is 10.00. The van der Waals surface area contributed by atoms with E-state index >= 15 is 0 Å². The maximum Gasteiger partial charge on any atom is 0.326 e. The molecule has 7 N–H and O–H groups in total. The highest BCUT2D eigenvalue weighted by Gasteiger charge is 2.29. The van der Waals surface area contributed by atoms with Crippen molar-refractivity contribution >= 4 is 23.7 Å². The second-order valence-corrected chi connectivity index (χ2v) is 6.53. The molecule has 0 saturated heterocycles. The Morgan fingerprint density at radius 3 is 1.83 bits per heavy atom. The molecule has 0 aliphatic heterocycles. The molecule has 3 unspecified atom stereocenters. The summed E-state index contributed by atoms with van der Waals surface area (Å²) in [6, 6.07) is -3.18. The number of hydrogen-bond acceptors (Lipinski definition) is 5. The Labute approximate surface area is 141 Å². The minimum atomic E-state index is -1.44. The Morgan fingerprint density at radius 1 is 0.958 bits per heavy atom. The van der Waals surface area contributed by atoms with Gasteiger partial charge in [-0.3, -0.25) is 14.4 Å². The van der Waals surface area contributed by atoms with E-state index in [2.05, 4.69) is 10.6 Å². The number of aliphatic carboxylic acids is 1. The predicted molar refractivity (Wildman–Crippen MR) is 87.6 cm³/mol. The standard InChI is InChI=1S/C15H28N4O5/c1-7(2)5-9(18-14(22)12(17)8(3)4)13(21)19-10(15(23)24)6-11(16)20/h7-10,12H,5-6,17H2,1-4H3,(H2,16,20)(H,18,22)(H,19,21)(H,23,24). The van der Waals surface area contributed by atoms with Gasteiger partial charge in [-0.15, -0.1) is 0 Å². The smallest absolute Gasteiger partial charge is 0.326 e. The van der Waals surface area contributed by atoms with E-state index in [1.54, 1.807) is 13.8 Å². The van der Waals surface area contributed by atoms with E-state index in [0.29, 0.717) is 6.42 Å². The number of carboxylic acids is 1. The number of nitrogens with two attached hydrogens (primary N) is 2. The number of carboxylic acid groups (broad SMARTS) is 1. The fourth-order valence-corrected chi connectivity index (χ4v) is 1.95. The zero-order valence-electron chi connectivity index (χ0n) is 14.5. The van der Waals surface area contributed by atoms with Gasteiger partial charge in [-0.2, -0.15) is 0 Å². The number of hydrogen-bond donors (Lipinski definition) is 5. The van der Waals surface area contributed by atoms with Crippen LogP contribution in [0.1, 0.15) is 40.5 Å². The lowest BCUT2D eigenvalue weighted by molar-refractivity contribution is -0.143. The van der Waals surface area contributed by atoms with Gasteiger partial charge in [-0.05, 0) is 18.3 Å². The fraction of sp³-hybridized carbons (Fsp3) is 0.733. The predicted octanol–water partition coefficient (Wildman–Crippen LogP) is -1.05. The Hall–Kier alpha value is -2.16. The van der Waals surface area contributed by atoms with Crippen LogP contribution >= 0.6 is 0 Å². The molecule has 0 bridgehead atoms. The molecule has 9 nitrogen and oxygen atoms in total. The summed E-state index contributed by atoms with van der Waals surface area (Å²) in [7, 11) is 0. The molecule has 0 heterocycles. The first-order valence-corrected chi connectivity index (χ1v) is 7.83. The number of primary amides is 1. The van der Waals surface area contributed by atoms with Crippen molar-refractivity contribution in [2.45, 2.75) is 58.7 Å². The monoisotopic (exact) mass is 344 g/mol. The van der Waals surface area contributed by atoms with E-state index < -0.39 is 48.2 Å². The van der Waals surface area contributed by atoms with Gasteiger partial charge in [0.2, 0.25) is 17.7 Å². The summed E-state index contributed by atoms with van der Waals surface area (Å²) in [4.78, 5) is 46.4. The summed E-state index contributed by atoms with van der Waals surface area (Å²) in [5, 5.41) is 13.8. The molecule has 24 heavy (non-hydrogen) atoms. The largest absolute Gasteiger partial charge is 0.480 e. The zero-order chi connectivity index (χ0) is 19.0. The molecule has 0 aliphatic rings. The molecular weight excluding hydrogens is 316 g/mol. The molecule has 0 aromatic heterocycles. The molecule has 0 saturated carbocycles. The van der Waals surface area contributed by atoms with Crippen LogP contribution in [0.25, 0.3) is 0 Å². The molecule has 9 heteroatoms. The lowest BCUT2D eigenvalue weighted by Crippen LogP contribution is -2.56. The summed E-state index contributed by atoms with van der Waals surface area (Å²) in [5.41, 5.74) is 10.7. The first-order chi connectivity index (χ1) is 11.0. The van der Waals surface area contributed by atoms with Gasteiger partial charge in [0.15, 0.2) is 0 Å². The van der Waals surface area contributed by atoms with Gasteiger partial charge < -0.3 is 27.2 Å². The molecule has 138 valence electrons. The van der Waals surface area contributed by atoms with Crippen LogP contribution in [-0.4, -0.2) is 46.9 Å². The number of nitrogens with one attached hydrogen (secondary N) is 2. The minimum absolute atomic E-state index is 0.0655. The lowest BCUT2D eigenvalue weighted by Gasteiger charge is -2.24. The summed E-state index contributed by atoms with van der Waals surface area (Å²) in [5.74, 6) is -3.47. The van der Waals surface area contributed by atoms with Crippen LogP contribution < -0.4 is 22.1 Å². The quantitative estimate of drug-likeness (QED) is 0.339. The van der Waals surface area contributed by atoms with Crippen molar-refractivity contribution in [2.75, 3.05) is 0 Å². The number of carbonyl (C=O) groups is 4. The first kappa shape index (κ1) is 21.8. The Balaban J connectivity index is 5.08. The molecule has 0 fully saturated rings. The van der Waals surface area contributed by atoms with E-state index in [1.165, 1.54) is 0 Å². The number of amides is 3. The van der Waals surface area contributed by atoms with Crippen LogP contribution in [-0.2, 0) is 19.2 Å². The van der Waals surface area contributed by atoms with Gasteiger partial charge >= 0.3 is 5.97 Å². The van der Waals surface area contributed by atoms with Crippen molar-refractivity contribution in [1.82, 2.24) is 10.6 Å². The maximum atomic E-state index is 12.3. The number of carbonyl (C=O) groups excluding carboxylic acids is 3. The van der Waals surface area contributed by atoms with E-state index in [4.69, 9.17) is 16.6 Å². The average molecular weight is 344 g/mol. The van der Waals surface area contributed by atoms with Gasteiger partial charge in [0.1, 0.15) is 12.1 Å². The highest BCUT2D eigenvalue weighted by Crippen LogP contribution is 2.07. The summed E-state index contributed by atoms with van der Waals surface area (Å²) >= 11 is 0. The molecule has 0 radical (unpaired) electrons. The van der Waals surface area contributed by atoms with E-state index in [0.717, 1.165) is 0 Å². The molecule has 3 amide bonds. The van der Waals surface area contributed by atoms with E-state index in [1.807, 2.05) is 13.8 Å². The van der Waals surface area contributed by atoms with Crippen LogP contribution in [0.2, 0.25) is 0 Å². The third-order valence-corrected chi connectivity index (χ3v) is 3.38. The second-order valence-electron chi connectivity index (χ2n) is 6.53. The van der Waals surface area contributed by atoms with Crippen molar-refractivity contribution in [1.29, 1.82) is 0 Å². The summed E-state index contributed by atoms with van der Waals surface area (Å²) < 4.78 is 0. The third-order valence-electron chi connectivity index (χ3n) is 3.38. The third kappa shape index (κ3) is 7.91. The van der Waals surface area contributed by atoms with Crippen molar-refractivity contribution in [3.05, 3.63) is 0 Å². The molecule has 0 rings (SSSR count). The molecule has 0 spiro atoms. The SMILES string of the molecule is CC(C)CC(NC(=O)C(N)C(C)C)C(=O)NC(CC(N)=O)C(=O)O. The summed E-state index contributed by atoms with van der Waals surface area (Å²) in [6.45, 7) is 7.25. The van der Waals surface area contributed by atoms with Crippen LogP contribution in [0.5, 0.6) is 0 Å². The van der Waals surface area contributed by atoms with Gasteiger partial charge in [-0.25, -0.2) is 4.79 Å². The zero-order valence-corrected chi connectivity index (χ0v) is 14.5. The highest BCUT2D eigenvalue weighted by molar-refractivity contribution is 5.93. The number of rotatable bonds is 10. The normalized spacial score (nSPS) is 14.8. The molecule has 0 aliphatic carbocycles. The van der Waals surface area contributed by atoms with Gasteiger partial charge in [0.05, 0.1) is 12.5 Å². The molecule has 0 aromatic rings. The minimum Gasteiger partial charge on any atom is -0.480 e. The van der Waals surface area contributed by atoms with E-state index in [9.17, 15) is 19.2 Å².